The van der Waals surface area contributed by atoms with Gasteiger partial charge in [0, 0.05) is 52.1 Å². The molecule has 1 atom stereocenters. The number of carbonyl (C=O) groups excluding carboxylic acids is 1. The molecule has 0 aromatic carbocycles. The van der Waals surface area contributed by atoms with Crippen LogP contribution >= 0.6 is 0 Å². The maximum absolute atomic E-state index is 12.5. The van der Waals surface area contributed by atoms with Gasteiger partial charge >= 0.3 is 0 Å². The van der Waals surface area contributed by atoms with Crippen LogP contribution in [0.15, 0.2) is 12.4 Å². The third-order valence-electron chi connectivity index (χ3n) is 4.39. The zero-order chi connectivity index (χ0) is 16.8. The van der Waals surface area contributed by atoms with Crippen molar-refractivity contribution in [1.82, 2.24) is 19.4 Å². The third-order valence-corrected chi connectivity index (χ3v) is 4.39. The highest BCUT2D eigenvalue weighted by Crippen LogP contribution is 2.24. The molecule has 130 valence electrons. The number of rotatable bonds is 7. The molecule has 1 aromatic rings. The number of hydrogen-bond acceptors (Lipinski definition) is 4. The zero-order valence-corrected chi connectivity index (χ0v) is 14.9. The Balaban J connectivity index is 1.91. The lowest BCUT2D eigenvalue weighted by Crippen LogP contribution is -2.50. The van der Waals surface area contributed by atoms with Gasteiger partial charge in [-0.1, -0.05) is 6.92 Å². The predicted molar refractivity (Wildman–Crippen MR) is 90.1 cm³/mol. The Bertz CT molecular complexity index is 501. The van der Waals surface area contributed by atoms with Crippen molar-refractivity contribution in [2.75, 3.05) is 32.8 Å². The molecule has 23 heavy (non-hydrogen) atoms. The second-order valence-electron chi connectivity index (χ2n) is 6.40. The van der Waals surface area contributed by atoms with Gasteiger partial charge in [0.25, 0.3) is 0 Å². The van der Waals surface area contributed by atoms with Crippen LogP contribution in [-0.2, 0) is 16.6 Å². The van der Waals surface area contributed by atoms with Crippen LogP contribution in [0, 0.1) is 0 Å². The Morgan fingerprint density at radius 2 is 2.22 bits per heavy atom. The lowest BCUT2D eigenvalue weighted by atomic mass is 10.1. The van der Waals surface area contributed by atoms with E-state index in [4.69, 9.17) is 4.74 Å². The Morgan fingerprint density at radius 3 is 2.83 bits per heavy atom. The maximum Gasteiger partial charge on any atom is 0.222 e. The van der Waals surface area contributed by atoms with E-state index in [0.29, 0.717) is 13.0 Å². The van der Waals surface area contributed by atoms with Crippen molar-refractivity contribution >= 4 is 5.91 Å². The Labute approximate surface area is 139 Å². The number of ether oxygens (including phenoxy) is 1. The molecule has 2 rings (SSSR count). The summed E-state index contributed by atoms with van der Waals surface area (Å²) in [4.78, 5) is 21.3. The van der Waals surface area contributed by atoms with E-state index in [0.717, 1.165) is 38.4 Å². The van der Waals surface area contributed by atoms with Crippen molar-refractivity contribution in [3.63, 3.8) is 0 Å². The molecule has 0 bridgehead atoms. The molecule has 6 heteroatoms. The summed E-state index contributed by atoms with van der Waals surface area (Å²) in [6.45, 7) is 10.3. The fourth-order valence-electron chi connectivity index (χ4n) is 3.07. The summed E-state index contributed by atoms with van der Waals surface area (Å²) in [5.41, 5.74) is 0. The minimum atomic E-state index is 0.185. The molecule has 0 saturated carbocycles. The van der Waals surface area contributed by atoms with Gasteiger partial charge < -0.3 is 14.2 Å². The zero-order valence-electron chi connectivity index (χ0n) is 14.9. The van der Waals surface area contributed by atoms with Gasteiger partial charge in [-0.15, -0.1) is 0 Å². The number of imidazole rings is 1. The molecular formula is C17H30N4O2. The van der Waals surface area contributed by atoms with Crippen molar-refractivity contribution in [2.24, 2.45) is 7.05 Å². The maximum atomic E-state index is 12.5. The van der Waals surface area contributed by atoms with Crippen LogP contribution in [-0.4, -0.2) is 64.1 Å². The standard InChI is InChI=1S/C17H30N4O2/c1-5-20-10-11-21(16(22)7-6-12-23-14(2)3)13-15(20)17-18-8-9-19(17)4/h8-9,14-15H,5-7,10-13H2,1-4H3. The number of likely N-dealkylation sites (N-methyl/N-ethyl adjacent to an activating group) is 1. The lowest BCUT2D eigenvalue weighted by molar-refractivity contribution is -0.134. The largest absolute Gasteiger partial charge is 0.379 e. The highest BCUT2D eigenvalue weighted by atomic mass is 16.5. The summed E-state index contributed by atoms with van der Waals surface area (Å²) < 4.78 is 7.57. The number of amides is 1. The smallest absolute Gasteiger partial charge is 0.222 e. The van der Waals surface area contributed by atoms with Gasteiger partial charge in [-0.05, 0) is 26.8 Å². The molecule has 1 fully saturated rings. The van der Waals surface area contributed by atoms with Crippen molar-refractivity contribution in [2.45, 2.75) is 45.8 Å². The SMILES string of the molecule is CCN1CCN(C(=O)CCCOC(C)C)CC1c1nccn1C. The summed E-state index contributed by atoms with van der Waals surface area (Å²) in [6, 6.07) is 0.185. The second-order valence-corrected chi connectivity index (χ2v) is 6.40. The van der Waals surface area contributed by atoms with Crippen LogP contribution in [0.2, 0.25) is 0 Å². The number of aromatic nitrogens is 2. The highest BCUT2D eigenvalue weighted by molar-refractivity contribution is 5.76. The summed E-state index contributed by atoms with van der Waals surface area (Å²) in [6.07, 6.45) is 5.37. The van der Waals surface area contributed by atoms with Gasteiger partial charge in [0.1, 0.15) is 5.82 Å². The summed E-state index contributed by atoms with van der Waals surface area (Å²) in [5, 5.41) is 0. The quantitative estimate of drug-likeness (QED) is 0.719. The van der Waals surface area contributed by atoms with Gasteiger partial charge in [-0.3, -0.25) is 9.69 Å². The first kappa shape index (κ1) is 17.9. The monoisotopic (exact) mass is 322 g/mol. The topological polar surface area (TPSA) is 50.6 Å². The van der Waals surface area contributed by atoms with Gasteiger partial charge in [0.2, 0.25) is 5.91 Å². The number of nitrogens with zero attached hydrogens (tertiary/aromatic N) is 4. The lowest BCUT2D eigenvalue weighted by Gasteiger charge is -2.40. The van der Waals surface area contributed by atoms with Crippen LogP contribution in [0.5, 0.6) is 0 Å². The van der Waals surface area contributed by atoms with Gasteiger partial charge in [0.15, 0.2) is 0 Å². The van der Waals surface area contributed by atoms with Crippen LogP contribution < -0.4 is 0 Å². The van der Waals surface area contributed by atoms with Crippen molar-refractivity contribution in [3.05, 3.63) is 18.2 Å². The third kappa shape index (κ3) is 4.78. The van der Waals surface area contributed by atoms with Crippen molar-refractivity contribution < 1.29 is 9.53 Å². The van der Waals surface area contributed by atoms with E-state index >= 15 is 0 Å². The second kappa shape index (κ2) is 8.45. The van der Waals surface area contributed by atoms with Crippen LogP contribution in [0.1, 0.15) is 45.5 Å². The fraction of sp³-hybridized carbons (Fsp3) is 0.765. The van der Waals surface area contributed by atoms with E-state index in [1.54, 1.807) is 0 Å². The number of hydrogen-bond donors (Lipinski definition) is 0. The first-order valence-corrected chi connectivity index (χ1v) is 8.63. The summed E-state index contributed by atoms with van der Waals surface area (Å²) in [5.74, 6) is 1.26. The van der Waals surface area contributed by atoms with Crippen molar-refractivity contribution in [3.8, 4) is 0 Å². The molecule has 0 spiro atoms. The number of aryl methyl sites for hydroxylation is 1. The average molecular weight is 322 g/mol. The predicted octanol–water partition coefficient (Wildman–Crippen LogP) is 1.83. The molecule has 1 aliphatic heterocycles. The Morgan fingerprint density at radius 1 is 1.43 bits per heavy atom. The molecular weight excluding hydrogens is 292 g/mol. The minimum Gasteiger partial charge on any atom is -0.379 e. The van der Waals surface area contributed by atoms with E-state index in [-0.39, 0.29) is 18.1 Å². The fourth-order valence-corrected chi connectivity index (χ4v) is 3.07. The number of piperazine rings is 1. The van der Waals surface area contributed by atoms with Crippen molar-refractivity contribution in [1.29, 1.82) is 0 Å². The van der Waals surface area contributed by atoms with Crippen LogP contribution in [0.25, 0.3) is 0 Å². The molecule has 1 saturated heterocycles. The van der Waals surface area contributed by atoms with E-state index in [9.17, 15) is 4.79 Å². The van der Waals surface area contributed by atoms with E-state index in [1.807, 2.05) is 38.2 Å². The minimum absolute atomic E-state index is 0.185. The highest BCUT2D eigenvalue weighted by Gasteiger charge is 2.31. The van der Waals surface area contributed by atoms with Crippen LogP contribution in [0.4, 0.5) is 0 Å². The van der Waals surface area contributed by atoms with Gasteiger partial charge in [-0.2, -0.15) is 0 Å². The average Bonchev–Trinajstić information content (AvgIpc) is 2.96. The normalized spacial score (nSPS) is 19.5. The van der Waals surface area contributed by atoms with Gasteiger partial charge in [-0.25, -0.2) is 4.98 Å². The molecule has 1 aliphatic rings. The first-order valence-electron chi connectivity index (χ1n) is 8.63. The summed E-state index contributed by atoms with van der Waals surface area (Å²) >= 11 is 0. The van der Waals surface area contributed by atoms with Crippen LogP contribution in [0.3, 0.4) is 0 Å². The van der Waals surface area contributed by atoms with E-state index in [2.05, 4.69) is 21.4 Å². The Kier molecular flexibility index (Phi) is 6.59. The molecule has 6 nitrogen and oxygen atoms in total. The van der Waals surface area contributed by atoms with Gasteiger partial charge in [0.05, 0.1) is 12.1 Å². The molecule has 0 radical (unpaired) electrons. The molecule has 0 N–H and O–H groups in total. The van der Waals surface area contributed by atoms with E-state index in [1.165, 1.54) is 0 Å². The molecule has 1 aromatic heterocycles. The summed E-state index contributed by atoms with van der Waals surface area (Å²) in [7, 11) is 2.01. The Hall–Kier alpha value is -1.40. The molecule has 2 heterocycles. The molecule has 1 unspecified atom stereocenters. The molecule has 1 amide bonds. The molecule has 0 aliphatic carbocycles. The first-order chi connectivity index (χ1) is 11.0. The van der Waals surface area contributed by atoms with E-state index < -0.39 is 0 Å². The number of carbonyl (C=O) groups is 1.